The number of morpholine rings is 1. The molecule has 1 aromatic heterocycles. The van der Waals surface area contributed by atoms with Gasteiger partial charge in [-0.2, -0.15) is 11.3 Å². The Balaban J connectivity index is 1.64. The molecule has 3 rings (SSSR count). The molecule has 0 radical (unpaired) electrons. The monoisotopic (exact) mass is 309 g/mol. The lowest BCUT2D eigenvalue weighted by Crippen LogP contribution is -2.52. The molecule has 2 aliphatic rings. The molecule has 1 amide bonds. The van der Waals surface area contributed by atoms with E-state index in [4.69, 9.17) is 4.74 Å². The number of hydrogen-bond donors (Lipinski definition) is 0. The zero-order valence-corrected chi connectivity index (χ0v) is 13.5. The second-order valence-electron chi connectivity index (χ2n) is 6.04. The Morgan fingerprint density at radius 1 is 1.48 bits per heavy atom. The summed E-state index contributed by atoms with van der Waals surface area (Å²) in [5.41, 5.74) is 0.804. The van der Waals surface area contributed by atoms with E-state index in [0.29, 0.717) is 6.04 Å². The van der Waals surface area contributed by atoms with Gasteiger partial charge in [0.2, 0.25) is 0 Å². The maximum Gasteiger partial charge on any atom is 0.254 e. The van der Waals surface area contributed by atoms with Crippen LogP contribution < -0.4 is 0 Å². The van der Waals surface area contributed by atoms with Crippen molar-refractivity contribution in [3.63, 3.8) is 0 Å². The summed E-state index contributed by atoms with van der Waals surface area (Å²) in [6.07, 6.45) is 0.170. The highest BCUT2D eigenvalue weighted by molar-refractivity contribution is 7.08. The molecule has 6 heteroatoms. The van der Waals surface area contributed by atoms with Crippen LogP contribution in [0.3, 0.4) is 0 Å². The molecular formula is C15H23N3O2S. The predicted molar refractivity (Wildman–Crippen MR) is 83.9 cm³/mol. The number of carbonyl (C=O) groups is 1. The van der Waals surface area contributed by atoms with Crippen molar-refractivity contribution in [1.29, 1.82) is 0 Å². The van der Waals surface area contributed by atoms with Crippen LogP contribution in [0.1, 0.15) is 10.4 Å². The molecule has 2 atom stereocenters. The minimum absolute atomic E-state index is 0.141. The molecule has 3 heterocycles. The number of ether oxygens (including phenoxy) is 1. The third kappa shape index (κ3) is 3.29. The normalized spacial score (nSPS) is 26.3. The van der Waals surface area contributed by atoms with Gasteiger partial charge in [0.1, 0.15) is 0 Å². The number of likely N-dealkylation sites (N-methyl/N-ethyl adjacent to an activating group) is 1. The van der Waals surface area contributed by atoms with Crippen molar-refractivity contribution >= 4 is 17.2 Å². The molecule has 0 aromatic carbocycles. The number of fused-ring (bicyclic) bond motifs is 1. The Hall–Kier alpha value is -0.950. The molecule has 0 saturated carbocycles. The van der Waals surface area contributed by atoms with E-state index in [0.717, 1.165) is 44.9 Å². The average molecular weight is 309 g/mol. The second kappa shape index (κ2) is 6.44. The van der Waals surface area contributed by atoms with E-state index in [-0.39, 0.29) is 12.0 Å². The molecule has 0 unspecified atom stereocenters. The summed E-state index contributed by atoms with van der Waals surface area (Å²) in [5.74, 6) is 0.141. The van der Waals surface area contributed by atoms with Gasteiger partial charge in [-0.3, -0.25) is 9.69 Å². The van der Waals surface area contributed by atoms with Crippen LogP contribution in [0.25, 0.3) is 0 Å². The van der Waals surface area contributed by atoms with Gasteiger partial charge in [-0.05, 0) is 25.5 Å². The first-order valence-corrected chi connectivity index (χ1v) is 8.41. The lowest BCUT2D eigenvalue weighted by molar-refractivity contribution is -0.0482. The number of thiophene rings is 1. The van der Waals surface area contributed by atoms with Crippen molar-refractivity contribution < 1.29 is 9.53 Å². The van der Waals surface area contributed by atoms with Crippen LogP contribution in [0, 0.1) is 0 Å². The van der Waals surface area contributed by atoms with E-state index in [1.54, 1.807) is 11.3 Å². The maximum absolute atomic E-state index is 12.5. The number of hydrogen-bond acceptors (Lipinski definition) is 5. The Morgan fingerprint density at radius 3 is 3.05 bits per heavy atom. The SMILES string of the molecule is CN(C)CCN1CCO[C@H]2CN(C(=O)c3ccsc3)C[C@H]21. The number of likely N-dealkylation sites (tertiary alicyclic amines) is 1. The summed E-state index contributed by atoms with van der Waals surface area (Å²) in [6, 6.07) is 2.25. The third-order valence-corrected chi connectivity index (χ3v) is 4.99. The van der Waals surface area contributed by atoms with Crippen LogP contribution in [-0.2, 0) is 4.74 Å². The number of nitrogens with zero attached hydrogens (tertiary/aromatic N) is 3. The first kappa shape index (κ1) is 15.0. The first-order chi connectivity index (χ1) is 10.1. The number of amides is 1. The Kier molecular flexibility index (Phi) is 4.59. The van der Waals surface area contributed by atoms with Crippen LogP contribution in [-0.4, -0.2) is 86.2 Å². The van der Waals surface area contributed by atoms with Crippen molar-refractivity contribution in [2.45, 2.75) is 12.1 Å². The fourth-order valence-electron chi connectivity index (χ4n) is 3.10. The largest absolute Gasteiger partial charge is 0.373 e. The van der Waals surface area contributed by atoms with E-state index >= 15 is 0 Å². The first-order valence-electron chi connectivity index (χ1n) is 7.47. The summed E-state index contributed by atoms with van der Waals surface area (Å²) in [5, 5.41) is 3.88. The maximum atomic E-state index is 12.5. The molecule has 2 aliphatic heterocycles. The minimum atomic E-state index is 0.141. The molecule has 0 bridgehead atoms. The average Bonchev–Trinajstić information content (AvgIpc) is 3.13. The molecule has 5 nitrogen and oxygen atoms in total. The fraction of sp³-hybridized carbons (Fsp3) is 0.667. The van der Waals surface area contributed by atoms with E-state index in [1.165, 1.54) is 0 Å². The van der Waals surface area contributed by atoms with E-state index < -0.39 is 0 Å². The van der Waals surface area contributed by atoms with Crippen molar-refractivity contribution in [1.82, 2.24) is 14.7 Å². The second-order valence-corrected chi connectivity index (χ2v) is 6.82. The van der Waals surface area contributed by atoms with Crippen molar-refractivity contribution in [3.8, 4) is 0 Å². The number of carbonyl (C=O) groups excluding carboxylic acids is 1. The van der Waals surface area contributed by atoms with Gasteiger partial charge in [0.15, 0.2) is 0 Å². The standard InChI is InChI=1S/C15H23N3O2S/c1-16(2)4-5-17-6-7-20-14-10-18(9-13(14)17)15(19)12-3-8-21-11-12/h3,8,11,13-14H,4-7,9-10H2,1-2H3/t13-,14+/m1/s1. The van der Waals surface area contributed by atoms with E-state index in [2.05, 4.69) is 23.9 Å². The van der Waals surface area contributed by atoms with Crippen LogP contribution in [0.5, 0.6) is 0 Å². The summed E-state index contributed by atoms with van der Waals surface area (Å²) in [7, 11) is 4.19. The summed E-state index contributed by atoms with van der Waals surface area (Å²) < 4.78 is 5.89. The third-order valence-electron chi connectivity index (χ3n) is 4.31. The van der Waals surface area contributed by atoms with Crippen LogP contribution in [0.15, 0.2) is 16.8 Å². The van der Waals surface area contributed by atoms with Gasteiger partial charge in [0.25, 0.3) is 5.91 Å². The van der Waals surface area contributed by atoms with Gasteiger partial charge < -0.3 is 14.5 Å². The summed E-state index contributed by atoms with van der Waals surface area (Å²) in [4.78, 5) is 19.1. The zero-order chi connectivity index (χ0) is 14.8. The topological polar surface area (TPSA) is 36.0 Å². The molecule has 2 fully saturated rings. The molecule has 0 aliphatic carbocycles. The molecule has 21 heavy (non-hydrogen) atoms. The van der Waals surface area contributed by atoms with Crippen LogP contribution >= 0.6 is 11.3 Å². The summed E-state index contributed by atoms with van der Waals surface area (Å²) in [6.45, 7) is 5.33. The van der Waals surface area contributed by atoms with Gasteiger partial charge >= 0.3 is 0 Å². The Labute approximate surface area is 130 Å². The van der Waals surface area contributed by atoms with Crippen molar-refractivity contribution in [2.75, 3.05) is 53.4 Å². The predicted octanol–water partition coefficient (Wildman–Crippen LogP) is 0.835. The molecule has 116 valence electrons. The van der Waals surface area contributed by atoms with Crippen molar-refractivity contribution in [3.05, 3.63) is 22.4 Å². The molecule has 0 spiro atoms. The Morgan fingerprint density at radius 2 is 2.33 bits per heavy atom. The zero-order valence-electron chi connectivity index (χ0n) is 12.7. The lowest BCUT2D eigenvalue weighted by atomic mass is 10.1. The summed E-state index contributed by atoms with van der Waals surface area (Å²) >= 11 is 1.57. The highest BCUT2D eigenvalue weighted by Crippen LogP contribution is 2.24. The van der Waals surface area contributed by atoms with Crippen molar-refractivity contribution in [2.24, 2.45) is 0 Å². The van der Waals surface area contributed by atoms with E-state index in [1.807, 2.05) is 21.7 Å². The van der Waals surface area contributed by atoms with Gasteiger partial charge in [-0.25, -0.2) is 0 Å². The molecular weight excluding hydrogens is 286 g/mol. The minimum Gasteiger partial charge on any atom is -0.373 e. The van der Waals surface area contributed by atoms with Gasteiger partial charge in [-0.1, -0.05) is 0 Å². The van der Waals surface area contributed by atoms with Gasteiger partial charge in [0, 0.05) is 38.1 Å². The lowest BCUT2D eigenvalue weighted by Gasteiger charge is -2.37. The van der Waals surface area contributed by atoms with Gasteiger partial charge in [-0.15, -0.1) is 0 Å². The van der Waals surface area contributed by atoms with Crippen LogP contribution in [0.4, 0.5) is 0 Å². The molecule has 2 saturated heterocycles. The molecule has 1 aromatic rings. The van der Waals surface area contributed by atoms with E-state index in [9.17, 15) is 4.79 Å². The van der Waals surface area contributed by atoms with Crippen LogP contribution in [0.2, 0.25) is 0 Å². The van der Waals surface area contributed by atoms with Gasteiger partial charge in [0.05, 0.1) is 24.3 Å². The Bertz CT molecular complexity index is 477. The smallest absolute Gasteiger partial charge is 0.254 e. The highest BCUT2D eigenvalue weighted by atomic mass is 32.1. The quantitative estimate of drug-likeness (QED) is 0.826. The number of rotatable bonds is 4. The fourth-order valence-corrected chi connectivity index (χ4v) is 3.73. The molecule has 0 N–H and O–H groups in total. The highest BCUT2D eigenvalue weighted by Gasteiger charge is 2.41.